The van der Waals surface area contributed by atoms with Crippen LogP contribution >= 0.6 is 11.6 Å². The average molecular weight is 400 g/mol. The van der Waals surface area contributed by atoms with Gasteiger partial charge in [-0.25, -0.2) is 8.78 Å². The molecule has 1 N–H and O–H groups in total. The first-order valence-electron chi connectivity index (χ1n) is 9.15. The summed E-state index contributed by atoms with van der Waals surface area (Å²) in [6.07, 6.45) is 2.25. The van der Waals surface area contributed by atoms with E-state index in [1.807, 2.05) is 10.6 Å². The summed E-state index contributed by atoms with van der Waals surface area (Å²) in [5.74, 6) is -3.07. The van der Waals surface area contributed by atoms with Crippen LogP contribution < -0.4 is 0 Å². The molecule has 7 heteroatoms. The van der Waals surface area contributed by atoms with E-state index in [2.05, 4.69) is 0 Å². The number of fused-ring (bicyclic) bond motifs is 1. The summed E-state index contributed by atoms with van der Waals surface area (Å²) >= 11 is 6.31. The van der Waals surface area contributed by atoms with Crippen molar-refractivity contribution in [3.8, 4) is 0 Å². The van der Waals surface area contributed by atoms with Crippen LogP contribution in [0, 0.1) is 0 Å². The van der Waals surface area contributed by atoms with Gasteiger partial charge in [-0.1, -0.05) is 11.6 Å². The molecule has 2 heterocycles. The molecule has 3 rings (SSSR count). The summed E-state index contributed by atoms with van der Waals surface area (Å²) in [5.41, 5.74) is 0.463. The third-order valence-corrected chi connectivity index (χ3v) is 5.58. The quantitative estimate of drug-likeness (QED) is 0.687. The lowest BCUT2D eigenvalue weighted by Crippen LogP contribution is -2.41. The van der Waals surface area contributed by atoms with Crippen LogP contribution in [0.4, 0.5) is 8.78 Å². The zero-order chi connectivity index (χ0) is 19.7. The zero-order valence-electron chi connectivity index (χ0n) is 15.3. The number of halogens is 3. The molecule has 4 nitrogen and oxygen atoms in total. The van der Waals surface area contributed by atoms with Gasteiger partial charge < -0.3 is 14.2 Å². The molecular formula is C20H24ClF2NO3. The van der Waals surface area contributed by atoms with Gasteiger partial charge in [0, 0.05) is 50.2 Å². The van der Waals surface area contributed by atoms with E-state index in [-0.39, 0.29) is 31.5 Å². The molecular weight excluding hydrogens is 376 g/mol. The Morgan fingerprint density at radius 2 is 2.19 bits per heavy atom. The van der Waals surface area contributed by atoms with E-state index in [9.17, 15) is 18.7 Å². The maximum absolute atomic E-state index is 13.7. The number of aliphatic hydroxyl groups is 1. The molecule has 0 bridgehead atoms. The lowest BCUT2D eigenvalue weighted by molar-refractivity contribution is -0.126. The SMILES string of the molecule is COCCc1cc(C(=O)CC[C@@]2(O)CCCC(F)(F)C2)c2c(Cl)cccn12. The molecule has 148 valence electrons. The number of nitrogens with zero attached hydrogens (tertiary/aromatic N) is 1. The van der Waals surface area contributed by atoms with Crippen molar-refractivity contribution in [1.82, 2.24) is 4.40 Å². The standard InChI is InChI=1S/C20H24ClF2NO3/c1-27-11-6-14-12-15(18-16(21)4-2-10-24(14)18)17(25)5-9-19(26)7-3-8-20(22,23)13-19/h2,4,10,12,26H,3,5-9,11,13H2,1H3/t19-/m0/s1. The Morgan fingerprint density at radius 3 is 2.89 bits per heavy atom. The molecule has 0 spiro atoms. The number of Topliss-reactive ketones (excluding diaryl/α,β-unsaturated/α-hetero) is 1. The number of alkyl halides is 2. The summed E-state index contributed by atoms with van der Waals surface area (Å²) < 4.78 is 34.3. The van der Waals surface area contributed by atoms with Crippen LogP contribution in [-0.4, -0.2) is 40.5 Å². The second kappa shape index (κ2) is 7.86. The van der Waals surface area contributed by atoms with Crippen molar-refractivity contribution in [2.75, 3.05) is 13.7 Å². The van der Waals surface area contributed by atoms with Gasteiger partial charge in [0.15, 0.2) is 5.78 Å². The highest BCUT2D eigenvalue weighted by Gasteiger charge is 2.44. The Labute approximate surface area is 162 Å². The lowest BCUT2D eigenvalue weighted by Gasteiger charge is -2.36. The predicted octanol–water partition coefficient (Wildman–Crippen LogP) is 4.68. The highest BCUT2D eigenvalue weighted by atomic mass is 35.5. The first-order valence-corrected chi connectivity index (χ1v) is 9.53. The van der Waals surface area contributed by atoms with E-state index >= 15 is 0 Å². The summed E-state index contributed by atoms with van der Waals surface area (Å²) in [5, 5.41) is 11.0. The van der Waals surface area contributed by atoms with E-state index in [0.717, 1.165) is 5.69 Å². The second-order valence-electron chi connectivity index (χ2n) is 7.40. The second-order valence-corrected chi connectivity index (χ2v) is 7.81. The molecule has 2 aromatic rings. The van der Waals surface area contributed by atoms with Gasteiger partial charge in [0.2, 0.25) is 0 Å². The molecule has 0 radical (unpaired) electrons. The van der Waals surface area contributed by atoms with Crippen molar-refractivity contribution in [3.63, 3.8) is 0 Å². The van der Waals surface area contributed by atoms with E-state index in [1.54, 1.807) is 25.3 Å². The summed E-state index contributed by atoms with van der Waals surface area (Å²) in [7, 11) is 1.61. The molecule has 0 unspecified atom stereocenters. The number of rotatable bonds is 7. The van der Waals surface area contributed by atoms with Gasteiger partial charge in [-0.3, -0.25) is 4.79 Å². The van der Waals surface area contributed by atoms with Gasteiger partial charge in [0.1, 0.15) is 0 Å². The Bertz CT molecular complexity index is 836. The number of aromatic nitrogens is 1. The highest BCUT2D eigenvalue weighted by molar-refractivity contribution is 6.35. The van der Waals surface area contributed by atoms with Crippen LogP contribution in [-0.2, 0) is 11.2 Å². The minimum absolute atomic E-state index is 0.00118. The van der Waals surface area contributed by atoms with Crippen molar-refractivity contribution in [3.05, 3.63) is 40.7 Å². The van der Waals surface area contributed by atoms with E-state index in [4.69, 9.17) is 16.3 Å². The third kappa shape index (κ3) is 4.50. The van der Waals surface area contributed by atoms with Gasteiger partial charge in [-0.2, -0.15) is 0 Å². The fraction of sp³-hybridized carbons (Fsp3) is 0.550. The normalized spacial score (nSPS) is 22.3. The Balaban J connectivity index is 1.81. The van der Waals surface area contributed by atoms with Crippen LogP contribution in [0.2, 0.25) is 5.02 Å². The topological polar surface area (TPSA) is 50.9 Å². The van der Waals surface area contributed by atoms with Crippen molar-refractivity contribution in [2.45, 2.75) is 56.5 Å². The maximum Gasteiger partial charge on any atom is 0.250 e. The van der Waals surface area contributed by atoms with Crippen LogP contribution in [0.1, 0.15) is 54.6 Å². The molecule has 1 atom stereocenters. The largest absolute Gasteiger partial charge is 0.390 e. The molecule has 1 aliphatic rings. The van der Waals surface area contributed by atoms with Gasteiger partial charge in [-0.15, -0.1) is 0 Å². The molecule has 1 aliphatic carbocycles. The van der Waals surface area contributed by atoms with Crippen LogP contribution in [0.5, 0.6) is 0 Å². The molecule has 0 aliphatic heterocycles. The number of ketones is 1. The molecule has 0 amide bonds. The molecule has 0 aromatic carbocycles. The van der Waals surface area contributed by atoms with Crippen molar-refractivity contribution in [2.24, 2.45) is 0 Å². The first-order chi connectivity index (χ1) is 12.7. The minimum atomic E-state index is -2.87. The smallest absolute Gasteiger partial charge is 0.250 e. The summed E-state index contributed by atoms with van der Waals surface area (Å²) in [6.45, 7) is 0.501. The fourth-order valence-electron chi connectivity index (χ4n) is 3.92. The number of pyridine rings is 1. The minimum Gasteiger partial charge on any atom is -0.390 e. The monoisotopic (exact) mass is 399 g/mol. The highest BCUT2D eigenvalue weighted by Crippen LogP contribution is 2.41. The number of hydrogen-bond acceptors (Lipinski definition) is 3. The maximum atomic E-state index is 13.7. The van der Waals surface area contributed by atoms with Gasteiger partial charge in [0.25, 0.3) is 5.92 Å². The first kappa shape index (κ1) is 20.2. The zero-order valence-corrected chi connectivity index (χ0v) is 16.1. The Kier molecular flexibility index (Phi) is 5.89. The molecule has 1 saturated carbocycles. The Hall–Kier alpha value is -1.50. The number of hydrogen-bond donors (Lipinski definition) is 1. The Morgan fingerprint density at radius 1 is 1.41 bits per heavy atom. The molecule has 1 fully saturated rings. The number of carbonyl (C=O) groups is 1. The van der Waals surface area contributed by atoms with Crippen LogP contribution in [0.3, 0.4) is 0 Å². The van der Waals surface area contributed by atoms with E-state index < -0.39 is 17.9 Å². The van der Waals surface area contributed by atoms with Crippen molar-refractivity contribution >= 4 is 22.9 Å². The summed E-state index contributed by atoms with van der Waals surface area (Å²) in [6, 6.07) is 5.29. The van der Waals surface area contributed by atoms with E-state index in [0.29, 0.717) is 35.6 Å². The van der Waals surface area contributed by atoms with Gasteiger partial charge >= 0.3 is 0 Å². The predicted molar refractivity (Wildman–Crippen MR) is 99.9 cm³/mol. The summed E-state index contributed by atoms with van der Waals surface area (Å²) in [4.78, 5) is 12.8. The molecule has 0 saturated heterocycles. The number of methoxy groups -OCH3 is 1. The fourth-order valence-corrected chi connectivity index (χ4v) is 4.19. The number of carbonyl (C=O) groups excluding carboxylic acids is 1. The lowest BCUT2D eigenvalue weighted by atomic mass is 9.79. The van der Waals surface area contributed by atoms with Crippen LogP contribution in [0.15, 0.2) is 24.4 Å². The molecule has 2 aromatic heterocycles. The van der Waals surface area contributed by atoms with E-state index in [1.165, 1.54) is 0 Å². The molecule has 27 heavy (non-hydrogen) atoms. The average Bonchev–Trinajstić information content (AvgIpc) is 2.97. The van der Waals surface area contributed by atoms with Gasteiger partial charge in [0.05, 0.1) is 22.7 Å². The van der Waals surface area contributed by atoms with Crippen molar-refractivity contribution in [1.29, 1.82) is 0 Å². The van der Waals surface area contributed by atoms with Crippen molar-refractivity contribution < 1.29 is 23.4 Å². The van der Waals surface area contributed by atoms with Gasteiger partial charge in [-0.05, 0) is 37.5 Å². The van der Waals surface area contributed by atoms with Crippen LogP contribution in [0.25, 0.3) is 5.52 Å². The third-order valence-electron chi connectivity index (χ3n) is 5.27. The number of ether oxygens (including phenoxy) is 1.